The summed E-state index contributed by atoms with van der Waals surface area (Å²) < 4.78 is 0.910. The van der Waals surface area contributed by atoms with Crippen molar-refractivity contribution in [2.45, 2.75) is 12.0 Å². The zero-order chi connectivity index (χ0) is 19.8. The monoisotopic (exact) mass is 443 g/mol. The van der Waals surface area contributed by atoms with E-state index in [-0.39, 0.29) is 5.91 Å². The van der Waals surface area contributed by atoms with Crippen molar-refractivity contribution < 1.29 is 4.79 Å². The number of rotatable bonds is 1. The highest BCUT2D eigenvalue weighted by molar-refractivity contribution is 9.10. The highest BCUT2D eigenvalue weighted by Gasteiger charge is 2.57. The summed E-state index contributed by atoms with van der Waals surface area (Å²) >= 11 is 3.73. The zero-order valence-electron chi connectivity index (χ0n) is 15.9. The number of hydrogen-bond donors (Lipinski definition) is 0. The Labute approximate surface area is 177 Å². The van der Waals surface area contributed by atoms with E-state index in [9.17, 15) is 4.79 Å². The van der Waals surface area contributed by atoms with Gasteiger partial charge >= 0.3 is 0 Å². The predicted octanol–water partition coefficient (Wildman–Crippen LogP) is 4.49. The highest BCUT2D eigenvalue weighted by atomic mass is 79.9. The maximum absolute atomic E-state index is 13.8. The average Bonchev–Trinajstić information content (AvgIpc) is 3.27. The minimum Gasteiger partial charge on any atom is -0.325 e. The van der Waals surface area contributed by atoms with Crippen LogP contribution in [0.15, 0.2) is 76.2 Å². The number of aliphatic imine (C=N–C) groups is 1. The molecule has 0 fully saturated rings. The molecular formula is C24H18BrN3O. The van der Waals surface area contributed by atoms with Gasteiger partial charge in [0.1, 0.15) is 5.84 Å². The van der Waals surface area contributed by atoms with Gasteiger partial charge in [-0.3, -0.25) is 4.79 Å². The smallest absolute Gasteiger partial charge is 0.264 e. The number of halogens is 1. The third kappa shape index (κ3) is 2.03. The van der Waals surface area contributed by atoms with Crippen molar-refractivity contribution >= 4 is 39.0 Å². The first-order valence-corrected chi connectivity index (χ1v) is 10.5. The summed E-state index contributed by atoms with van der Waals surface area (Å²) in [4.78, 5) is 23.1. The van der Waals surface area contributed by atoms with Crippen LogP contribution in [-0.2, 0) is 16.8 Å². The molecule has 5 heteroatoms. The topological polar surface area (TPSA) is 35.9 Å². The van der Waals surface area contributed by atoms with Gasteiger partial charge in [0.25, 0.3) is 5.91 Å². The summed E-state index contributed by atoms with van der Waals surface area (Å²) in [7, 11) is 1.84. The SMILES string of the molecule is CN1C(=O)C2(N=C(c3ccccc3)N3CCc4cccc2c43)c2c(Br)cccc21. The summed E-state index contributed by atoms with van der Waals surface area (Å²) in [5, 5.41) is 0. The predicted molar refractivity (Wildman–Crippen MR) is 119 cm³/mol. The molecule has 4 nitrogen and oxygen atoms in total. The van der Waals surface area contributed by atoms with Gasteiger partial charge in [-0.1, -0.05) is 70.5 Å². The number of benzene rings is 3. The molecule has 3 aliphatic rings. The summed E-state index contributed by atoms with van der Waals surface area (Å²) in [6.45, 7) is 0.878. The molecule has 1 amide bonds. The lowest BCUT2D eigenvalue weighted by atomic mass is 9.81. The second-order valence-corrected chi connectivity index (χ2v) is 8.58. The van der Waals surface area contributed by atoms with Gasteiger partial charge in [-0.2, -0.15) is 0 Å². The van der Waals surface area contributed by atoms with E-state index in [0.29, 0.717) is 0 Å². The number of hydrogen-bond acceptors (Lipinski definition) is 3. The average molecular weight is 444 g/mol. The van der Waals surface area contributed by atoms with E-state index in [1.54, 1.807) is 4.90 Å². The fourth-order valence-corrected chi connectivity index (χ4v) is 5.65. The molecule has 0 N–H and O–H groups in total. The van der Waals surface area contributed by atoms with E-state index >= 15 is 0 Å². The van der Waals surface area contributed by atoms with E-state index < -0.39 is 5.54 Å². The van der Waals surface area contributed by atoms with Gasteiger partial charge < -0.3 is 9.80 Å². The highest BCUT2D eigenvalue weighted by Crippen LogP contribution is 2.55. The quantitative estimate of drug-likeness (QED) is 0.555. The van der Waals surface area contributed by atoms with Crippen LogP contribution in [0.25, 0.3) is 0 Å². The zero-order valence-corrected chi connectivity index (χ0v) is 17.5. The van der Waals surface area contributed by atoms with Gasteiger partial charge in [0.05, 0.1) is 11.4 Å². The van der Waals surface area contributed by atoms with Crippen LogP contribution in [0.5, 0.6) is 0 Å². The molecule has 0 bridgehead atoms. The number of carbonyl (C=O) groups excluding carboxylic acids is 1. The van der Waals surface area contributed by atoms with Crippen molar-refractivity contribution in [3.8, 4) is 0 Å². The summed E-state index contributed by atoms with van der Waals surface area (Å²) in [5.74, 6) is 0.862. The number of anilines is 2. The van der Waals surface area contributed by atoms with Gasteiger partial charge in [0, 0.05) is 34.8 Å². The van der Waals surface area contributed by atoms with Gasteiger partial charge in [-0.25, -0.2) is 4.99 Å². The van der Waals surface area contributed by atoms with E-state index in [1.807, 2.05) is 43.4 Å². The van der Waals surface area contributed by atoms with E-state index in [0.717, 1.165) is 51.3 Å². The van der Waals surface area contributed by atoms with Crippen LogP contribution >= 0.6 is 15.9 Å². The lowest BCUT2D eigenvalue weighted by molar-refractivity contribution is -0.121. The van der Waals surface area contributed by atoms with Crippen LogP contribution in [-0.4, -0.2) is 25.3 Å². The third-order valence-electron chi connectivity index (χ3n) is 6.27. The lowest BCUT2D eigenvalue weighted by Crippen LogP contribution is -2.46. The van der Waals surface area contributed by atoms with Crippen molar-refractivity contribution in [2.24, 2.45) is 4.99 Å². The molecule has 0 saturated heterocycles. The number of carbonyl (C=O) groups is 1. The maximum Gasteiger partial charge on any atom is 0.264 e. The lowest BCUT2D eigenvalue weighted by Gasteiger charge is -2.37. The van der Waals surface area contributed by atoms with Crippen LogP contribution < -0.4 is 9.80 Å². The molecule has 1 spiro atoms. The summed E-state index contributed by atoms with van der Waals surface area (Å²) in [6.07, 6.45) is 0.956. The van der Waals surface area contributed by atoms with Crippen molar-refractivity contribution in [2.75, 3.05) is 23.4 Å². The first kappa shape index (κ1) is 17.0. The van der Waals surface area contributed by atoms with Crippen molar-refractivity contribution in [1.82, 2.24) is 0 Å². The van der Waals surface area contributed by atoms with Gasteiger partial charge in [-0.15, -0.1) is 0 Å². The van der Waals surface area contributed by atoms with Crippen LogP contribution in [0.3, 0.4) is 0 Å². The number of amides is 1. The Balaban J connectivity index is 1.76. The van der Waals surface area contributed by atoms with E-state index in [4.69, 9.17) is 4.99 Å². The number of fused-ring (bicyclic) bond motifs is 3. The van der Waals surface area contributed by atoms with Gasteiger partial charge in [0.2, 0.25) is 0 Å². The Morgan fingerprint density at radius 1 is 1.00 bits per heavy atom. The number of para-hydroxylation sites is 1. The molecular weight excluding hydrogens is 426 g/mol. The Morgan fingerprint density at radius 3 is 2.62 bits per heavy atom. The Hall–Kier alpha value is -2.92. The molecule has 0 aliphatic carbocycles. The Bertz CT molecular complexity index is 1220. The molecule has 142 valence electrons. The van der Waals surface area contributed by atoms with Gasteiger partial charge in [0.15, 0.2) is 5.54 Å². The van der Waals surface area contributed by atoms with Crippen molar-refractivity contribution in [3.05, 3.63) is 93.5 Å². The minimum atomic E-state index is -1.07. The molecule has 29 heavy (non-hydrogen) atoms. The molecule has 3 aromatic rings. The molecule has 0 saturated carbocycles. The Morgan fingerprint density at radius 2 is 1.79 bits per heavy atom. The van der Waals surface area contributed by atoms with Crippen LogP contribution in [0.2, 0.25) is 0 Å². The molecule has 3 aromatic carbocycles. The maximum atomic E-state index is 13.8. The summed E-state index contributed by atoms with van der Waals surface area (Å²) in [6, 6.07) is 22.5. The third-order valence-corrected chi connectivity index (χ3v) is 6.94. The molecule has 0 aromatic heterocycles. The van der Waals surface area contributed by atoms with E-state index in [2.05, 4.69) is 51.2 Å². The van der Waals surface area contributed by atoms with Crippen LogP contribution in [0.4, 0.5) is 11.4 Å². The van der Waals surface area contributed by atoms with Crippen molar-refractivity contribution in [3.63, 3.8) is 0 Å². The minimum absolute atomic E-state index is 0.00668. The normalized spacial score (nSPS) is 21.4. The van der Waals surface area contributed by atoms with Crippen LogP contribution in [0, 0.1) is 0 Å². The first-order chi connectivity index (χ1) is 14.1. The van der Waals surface area contributed by atoms with Crippen molar-refractivity contribution in [1.29, 1.82) is 0 Å². The molecule has 1 unspecified atom stereocenters. The number of amidine groups is 1. The number of nitrogens with zero attached hydrogens (tertiary/aromatic N) is 3. The first-order valence-electron chi connectivity index (χ1n) is 9.75. The molecule has 3 aliphatic heterocycles. The van der Waals surface area contributed by atoms with Crippen LogP contribution in [0.1, 0.15) is 22.3 Å². The fraction of sp³-hybridized carbons (Fsp3) is 0.167. The van der Waals surface area contributed by atoms with E-state index in [1.165, 1.54) is 5.56 Å². The molecule has 3 heterocycles. The summed E-state index contributed by atoms with van der Waals surface area (Å²) in [5.41, 5.74) is 5.21. The van der Waals surface area contributed by atoms with Gasteiger partial charge in [-0.05, 0) is 24.1 Å². The number of likely N-dealkylation sites (N-methyl/N-ethyl adjacent to an activating group) is 1. The standard InChI is InChI=1S/C24H18BrN3O/c1-27-19-12-6-11-18(25)20(19)24(23(27)29)17-10-5-9-15-13-14-28(21(15)17)22(26-24)16-7-3-2-4-8-16/h2-12H,13-14H2,1H3. The largest absolute Gasteiger partial charge is 0.325 e. The molecule has 1 atom stereocenters. The molecule has 6 rings (SSSR count). The fourth-order valence-electron chi connectivity index (χ4n) is 5.01. The second kappa shape index (κ2) is 5.80. The molecule has 0 radical (unpaired) electrons. The Kier molecular flexibility index (Phi) is 3.40. The second-order valence-electron chi connectivity index (χ2n) is 7.72.